The smallest absolute Gasteiger partial charge is 0.336 e. The molecule has 2 rings (SSSR count). The maximum atomic E-state index is 11.0. The molecule has 1 heterocycles. The summed E-state index contributed by atoms with van der Waals surface area (Å²) in [5, 5.41) is 8.98. The molecular formula is C13H10BrNO3. The van der Waals surface area contributed by atoms with Crippen LogP contribution < -0.4 is 4.74 Å². The zero-order valence-electron chi connectivity index (χ0n) is 9.34. The van der Waals surface area contributed by atoms with Crippen molar-refractivity contribution in [1.82, 2.24) is 4.98 Å². The van der Waals surface area contributed by atoms with E-state index in [0.717, 1.165) is 5.69 Å². The summed E-state index contributed by atoms with van der Waals surface area (Å²) < 4.78 is 6.02. The Hall–Kier alpha value is -1.88. The van der Waals surface area contributed by atoms with E-state index in [2.05, 4.69) is 20.9 Å². The summed E-state index contributed by atoms with van der Waals surface area (Å²) in [5.74, 6) is -0.494. The van der Waals surface area contributed by atoms with E-state index in [1.807, 2.05) is 18.2 Å². The van der Waals surface area contributed by atoms with Crippen LogP contribution in [0.2, 0.25) is 0 Å². The Morgan fingerprint density at radius 1 is 1.33 bits per heavy atom. The number of hydrogen-bond donors (Lipinski definition) is 1. The van der Waals surface area contributed by atoms with E-state index < -0.39 is 5.97 Å². The Kier molecular flexibility index (Phi) is 3.94. The molecule has 0 fully saturated rings. The predicted octanol–water partition coefficient (Wildman–Crippen LogP) is 3.12. The molecule has 0 saturated carbocycles. The second-order valence-electron chi connectivity index (χ2n) is 3.56. The van der Waals surface area contributed by atoms with Crippen LogP contribution in [-0.4, -0.2) is 16.1 Å². The molecule has 2 aromatic rings. The van der Waals surface area contributed by atoms with Gasteiger partial charge >= 0.3 is 5.97 Å². The molecule has 1 aromatic heterocycles. The number of rotatable bonds is 4. The molecule has 1 aromatic carbocycles. The Morgan fingerprint density at radius 2 is 2.17 bits per heavy atom. The number of pyridine rings is 1. The summed E-state index contributed by atoms with van der Waals surface area (Å²) in [7, 11) is 0. The molecule has 0 bridgehead atoms. The molecule has 18 heavy (non-hydrogen) atoms. The van der Waals surface area contributed by atoms with E-state index in [1.54, 1.807) is 18.3 Å². The van der Waals surface area contributed by atoms with Gasteiger partial charge < -0.3 is 9.84 Å². The first-order chi connectivity index (χ1) is 8.66. The lowest BCUT2D eigenvalue weighted by molar-refractivity contribution is 0.0695. The second-order valence-corrected chi connectivity index (χ2v) is 4.41. The number of hydrogen-bond acceptors (Lipinski definition) is 3. The maximum absolute atomic E-state index is 11.0. The monoisotopic (exact) mass is 307 g/mol. The number of nitrogens with zero attached hydrogens (tertiary/aromatic N) is 1. The topological polar surface area (TPSA) is 59.4 Å². The highest BCUT2D eigenvalue weighted by Crippen LogP contribution is 2.23. The van der Waals surface area contributed by atoms with Crippen LogP contribution in [0.25, 0.3) is 0 Å². The minimum Gasteiger partial charge on any atom is -0.487 e. The van der Waals surface area contributed by atoms with Gasteiger partial charge in [-0.1, -0.05) is 6.07 Å². The van der Waals surface area contributed by atoms with Crippen LogP contribution in [0, 0.1) is 0 Å². The van der Waals surface area contributed by atoms with Gasteiger partial charge in [0.05, 0.1) is 11.3 Å². The molecule has 0 aliphatic rings. The lowest BCUT2D eigenvalue weighted by Gasteiger charge is -2.07. The summed E-state index contributed by atoms with van der Waals surface area (Å²) in [6.07, 6.45) is 1.68. The summed E-state index contributed by atoms with van der Waals surface area (Å²) >= 11 is 3.18. The summed E-state index contributed by atoms with van der Waals surface area (Å²) in [5.41, 5.74) is 0.964. The third kappa shape index (κ3) is 3.07. The van der Waals surface area contributed by atoms with Gasteiger partial charge in [0, 0.05) is 10.7 Å². The molecule has 92 valence electrons. The molecule has 0 atom stereocenters. The Balaban J connectivity index is 2.11. The number of carboxylic acid groups (broad SMARTS) is 1. The Labute approximate surface area is 112 Å². The lowest BCUT2D eigenvalue weighted by atomic mass is 10.2. The fourth-order valence-corrected chi connectivity index (χ4v) is 1.82. The van der Waals surface area contributed by atoms with E-state index in [4.69, 9.17) is 9.84 Å². The fraction of sp³-hybridized carbons (Fsp3) is 0.0769. The van der Waals surface area contributed by atoms with Crippen molar-refractivity contribution in [3.8, 4) is 5.75 Å². The number of carboxylic acids is 1. The second kappa shape index (κ2) is 5.64. The van der Waals surface area contributed by atoms with E-state index >= 15 is 0 Å². The highest BCUT2D eigenvalue weighted by Gasteiger charge is 2.09. The van der Waals surface area contributed by atoms with Gasteiger partial charge in [-0.15, -0.1) is 0 Å². The third-order valence-corrected chi connectivity index (χ3v) is 2.97. The van der Waals surface area contributed by atoms with E-state index in [0.29, 0.717) is 16.8 Å². The normalized spacial score (nSPS) is 10.1. The molecule has 4 nitrogen and oxygen atoms in total. The minimum absolute atomic E-state index is 0.175. The van der Waals surface area contributed by atoms with Crippen molar-refractivity contribution in [3.63, 3.8) is 0 Å². The van der Waals surface area contributed by atoms with Crippen LogP contribution in [0.1, 0.15) is 16.1 Å². The van der Waals surface area contributed by atoms with E-state index in [9.17, 15) is 4.79 Å². The Morgan fingerprint density at radius 3 is 2.83 bits per heavy atom. The molecule has 5 heteroatoms. The number of carbonyl (C=O) groups is 1. The third-order valence-electron chi connectivity index (χ3n) is 2.28. The van der Waals surface area contributed by atoms with Crippen molar-refractivity contribution in [1.29, 1.82) is 0 Å². The fourth-order valence-electron chi connectivity index (χ4n) is 1.40. The average molecular weight is 308 g/mol. The molecule has 0 saturated heterocycles. The van der Waals surface area contributed by atoms with Crippen LogP contribution in [0.5, 0.6) is 5.75 Å². The van der Waals surface area contributed by atoms with Gasteiger partial charge in [0.1, 0.15) is 12.4 Å². The summed E-state index contributed by atoms with van der Waals surface area (Å²) in [6.45, 7) is 0.307. The van der Waals surface area contributed by atoms with Gasteiger partial charge in [-0.3, -0.25) is 4.98 Å². The van der Waals surface area contributed by atoms with Gasteiger partial charge in [-0.25, -0.2) is 4.79 Å². The van der Waals surface area contributed by atoms with Crippen LogP contribution in [-0.2, 0) is 6.61 Å². The number of ether oxygens (including phenoxy) is 1. The molecule has 0 radical (unpaired) electrons. The van der Waals surface area contributed by atoms with Crippen LogP contribution in [0.4, 0.5) is 0 Å². The predicted molar refractivity (Wildman–Crippen MR) is 69.7 cm³/mol. The number of aromatic carboxylic acids is 1. The van der Waals surface area contributed by atoms with Gasteiger partial charge in [-0.05, 0) is 46.3 Å². The number of aromatic nitrogens is 1. The first kappa shape index (κ1) is 12.6. The van der Waals surface area contributed by atoms with Crippen molar-refractivity contribution >= 4 is 21.9 Å². The van der Waals surface area contributed by atoms with Crippen molar-refractivity contribution in [2.24, 2.45) is 0 Å². The van der Waals surface area contributed by atoms with Crippen molar-refractivity contribution in [2.45, 2.75) is 6.61 Å². The summed E-state index contributed by atoms with van der Waals surface area (Å²) in [4.78, 5) is 15.1. The highest BCUT2D eigenvalue weighted by atomic mass is 79.9. The molecule has 0 aliphatic heterocycles. The van der Waals surface area contributed by atoms with E-state index in [-0.39, 0.29) is 5.56 Å². The first-order valence-electron chi connectivity index (χ1n) is 5.22. The molecule has 0 aliphatic carbocycles. The Bertz CT molecular complexity index is 557. The van der Waals surface area contributed by atoms with Gasteiger partial charge in [0.15, 0.2) is 0 Å². The quantitative estimate of drug-likeness (QED) is 0.943. The SMILES string of the molecule is O=C(O)c1cc(OCc2ccccn2)ccc1Br. The molecule has 1 N–H and O–H groups in total. The summed E-state index contributed by atoms with van der Waals surface area (Å²) in [6, 6.07) is 10.4. The van der Waals surface area contributed by atoms with Crippen molar-refractivity contribution in [3.05, 3.63) is 58.3 Å². The molecule has 0 amide bonds. The van der Waals surface area contributed by atoms with Crippen molar-refractivity contribution in [2.75, 3.05) is 0 Å². The minimum atomic E-state index is -0.995. The lowest BCUT2D eigenvalue weighted by Crippen LogP contribution is -2.01. The number of halogens is 1. The first-order valence-corrected chi connectivity index (χ1v) is 6.01. The van der Waals surface area contributed by atoms with Crippen LogP contribution in [0.15, 0.2) is 47.1 Å². The van der Waals surface area contributed by atoms with Gasteiger partial charge in [0.25, 0.3) is 0 Å². The standard InChI is InChI=1S/C13H10BrNO3/c14-12-5-4-10(7-11(12)13(16)17)18-8-9-3-1-2-6-15-9/h1-7H,8H2,(H,16,17). The molecule has 0 spiro atoms. The zero-order chi connectivity index (χ0) is 13.0. The largest absolute Gasteiger partial charge is 0.487 e. The van der Waals surface area contributed by atoms with Crippen LogP contribution >= 0.6 is 15.9 Å². The van der Waals surface area contributed by atoms with Crippen molar-refractivity contribution < 1.29 is 14.6 Å². The maximum Gasteiger partial charge on any atom is 0.336 e. The van der Waals surface area contributed by atoms with Gasteiger partial charge in [-0.2, -0.15) is 0 Å². The number of benzene rings is 1. The zero-order valence-corrected chi connectivity index (χ0v) is 10.9. The highest BCUT2D eigenvalue weighted by molar-refractivity contribution is 9.10. The van der Waals surface area contributed by atoms with E-state index in [1.165, 1.54) is 6.07 Å². The van der Waals surface area contributed by atoms with Gasteiger partial charge in [0.2, 0.25) is 0 Å². The molecular weight excluding hydrogens is 298 g/mol. The molecule has 0 unspecified atom stereocenters. The van der Waals surface area contributed by atoms with Crippen LogP contribution in [0.3, 0.4) is 0 Å². The average Bonchev–Trinajstić information content (AvgIpc) is 2.38.